The summed E-state index contributed by atoms with van der Waals surface area (Å²) < 4.78 is 2.46. The number of hydrogen-bond acceptors (Lipinski definition) is 4. The van der Waals surface area contributed by atoms with Crippen LogP contribution in [0, 0.1) is 6.92 Å². The normalized spacial score (nSPS) is 10.9. The number of hydrogen-bond donors (Lipinski definition) is 1. The van der Waals surface area contributed by atoms with Crippen molar-refractivity contribution in [1.82, 2.24) is 9.55 Å². The van der Waals surface area contributed by atoms with E-state index in [0.29, 0.717) is 28.3 Å². The third-order valence-corrected chi connectivity index (χ3v) is 6.44. The predicted molar refractivity (Wildman–Crippen MR) is 130 cm³/mol. The molecule has 0 radical (unpaired) electrons. The molecule has 31 heavy (non-hydrogen) atoms. The Morgan fingerprint density at radius 2 is 1.74 bits per heavy atom. The van der Waals surface area contributed by atoms with Crippen molar-refractivity contribution in [2.75, 3.05) is 11.1 Å². The van der Waals surface area contributed by atoms with Crippen molar-refractivity contribution < 1.29 is 4.79 Å². The van der Waals surface area contributed by atoms with Gasteiger partial charge in [0.15, 0.2) is 5.16 Å². The van der Waals surface area contributed by atoms with Gasteiger partial charge in [-0.3, -0.25) is 14.2 Å². The first kappa shape index (κ1) is 21.3. The quantitative estimate of drug-likeness (QED) is 0.294. The van der Waals surface area contributed by atoms with Crippen LogP contribution in [0.5, 0.6) is 0 Å². The number of nitrogens with zero attached hydrogens (tertiary/aromatic N) is 2. The number of thioether (sulfide) groups is 1. The molecule has 0 saturated carbocycles. The molecule has 0 spiro atoms. The molecular formula is C24H20BrN3O2S. The van der Waals surface area contributed by atoms with Crippen molar-refractivity contribution in [2.45, 2.75) is 18.6 Å². The molecule has 0 unspecified atom stereocenters. The number of aromatic nitrogens is 2. The summed E-state index contributed by atoms with van der Waals surface area (Å²) in [6.07, 6.45) is 0. The van der Waals surface area contributed by atoms with Gasteiger partial charge in [-0.15, -0.1) is 0 Å². The molecule has 4 aromatic rings. The second-order valence-electron chi connectivity index (χ2n) is 7.11. The van der Waals surface area contributed by atoms with Crippen LogP contribution in [0.2, 0.25) is 0 Å². The van der Waals surface area contributed by atoms with Gasteiger partial charge in [0.1, 0.15) is 0 Å². The highest BCUT2D eigenvalue weighted by molar-refractivity contribution is 9.10. The SMILES string of the molecule is Cc1ccc(Cn2c(SCC(=O)Nc3ccccc3Br)nc3ccccc3c2=O)cc1. The van der Waals surface area contributed by atoms with E-state index in [2.05, 4.69) is 26.2 Å². The number of para-hydroxylation sites is 2. The van der Waals surface area contributed by atoms with Gasteiger partial charge in [-0.2, -0.15) is 0 Å². The number of anilines is 1. The zero-order valence-corrected chi connectivity index (χ0v) is 19.2. The number of carbonyl (C=O) groups is 1. The van der Waals surface area contributed by atoms with Gasteiger partial charge >= 0.3 is 0 Å². The Labute approximate surface area is 192 Å². The van der Waals surface area contributed by atoms with E-state index in [1.165, 1.54) is 11.8 Å². The fraction of sp³-hybridized carbons (Fsp3) is 0.125. The number of aryl methyl sites for hydroxylation is 1. The van der Waals surface area contributed by atoms with Crippen molar-refractivity contribution in [2.24, 2.45) is 0 Å². The van der Waals surface area contributed by atoms with Crippen molar-refractivity contribution in [3.63, 3.8) is 0 Å². The first-order chi connectivity index (χ1) is 15.0. The lowest BCUT2D eigenvalue weighted by molar-refractivity contribution is -0.113. The van der Waals surface area contributed by atoms with Gasteiger partial charge in [0.25, 0.3) is 5.56 Å². The molecule has 3 aromatic carbocycles. The molecule has 0 atom stereocenters. The van der Waals surface area contributed by atoms with Crippen LogP contribution in [-0.4, -0.2) is 21.2 Å². The van der Waals surface area contributed by atoms with Crippen LogP contribution in [0.25, 0.3) is 10.9 Å². The monoisotopic (exact) mass is 493 g/mol. The van der Waals surface area contributed by atoms with Gasteiger partial charge in [-0.25, -0.2) is 4.98 Å². The maximum absolute atomic E-state index is 13.2. The van der Waals surface area contributed by atoms with E-state index < -0.39 is 0 Å². The van der Waals surface area contributed by atoms with Crippen LogP contribution in [0.1, 0.15) is 11.1 Å². The highest BCUT2D eigenvalue weighted by atomic mass is 79.9. The molecule has 156 valence electrons. The molecule has 4 rings (SSSR count). The fourth-order valence-corrected chi connectivity index (χ4v) is 4.33. The van der Waals surface area contributed by atoms with Crippen LogP contribution in [0.15, 0.2) is 87.2 Å². The average Bonchev–Trinajstić information content (AvgIpc) is 2.77. The molecule has 0 aliphatic carbocycles. The Balaban J connectivity index is 1.62. The zero-order chi connectivity index (χ0) is 21.8. The fourth-order valence-electron chi connectivity index (χ4n) is 3.15. The molecule has 1 aromatic heterocycles. The molecule has 1 amide bonds. The Kier molecular flexibility index (Phi) is 6.53. The first-order valence-corrected chi connectivity index (χ1v) is 11.5. The molecule has 1 heterocycles. The number of benzene rings is 3. The van der Waals surface area contributed by atoms with E-state index in [-0.39, 0.29) is 17.2 Å². The summed E-state index contributed by atoms with van der Waals surface area (Å²) in [6, 6.07) is 22.8. The Morgan fingerprint density at radius 3 is 2.52 bits per heavy atom. The third kappa shape index (κ3) is 5.06. The number of rotatable bonds is 6. The summed E-state index contributed by atoms with van der Waals surface area (Å²) in [4.78, 5) is 30.4. The number of nitrogens with one attached hydrogen (secondary N) is 1. The minimum absolute atomic E-state index is 0.111. The largest absolute Gasteiger partial charge is 0.324 e. The van der Waals surface area contributed by atoms with Gasteiger partial charge in [0.05, 0.1) is 28.9 Å². The topological polar surface area (TPSA) is 64.0 Å². The summed E-state index contributed by atoms with van der Waals surface area (Å²) in [5.41, 5.74) is 3.38. The van der Waals surface area contributed by atoms with Crippen LogP contribution >= 0.6 is 27.7 Å². The molecule has 7 heteroatoms. The number of amides is 1. The Bertz CT molecular complexity index is 1300. The van der Waals surface area contributed by atoms with E-state index in [9.17, 15) is 9.59 Å². The molecule has 0 bridgehead atoms. The van der Waals surface area contributed by atoms with E-state index in [4.69, 9.17) is 0 Å². The Hall–Kier alpha value is -2.90. The maximum Gasteiger partial charge on any atom is 0.262 e. The smallest absolute Gasteiger partial charge is 0.262 e. The van der Waals surface area contributed by atoms with E-state index in [0.717, 1.165) is 15.6 Å². The lowest BCUT2D eigenvalue weighted by atomic mass is 10.1. The molecule has 1 N–H and O–H groups in total. The summed E-state index contributed by atoms with van der Waals surface area (Å²) in [5, 5.41) is 3.97. The molecular weight excluding hydrogens is 474 g/mol. The molecule has 0 aliphatic heterocycles. The summed E-state index contributed by atoms with van der Waals surface area (Å²) >= 11 is 4.69. The van der Waals surface area contributed by atoms with Gasteiger partial charge < -0.3 is 5.32 Å². The van der Waals surface area contributed by atoms with Crippen molar-refractivity contribution in [3.8, 4) is 0 Å². The summed E-state index contributed by atoms with van der Waals surface area (Å²) in [7, 11) is 0. The van der Waals surface area contributed by atoms with Gasteiger partial charge in [0.2, 0.25) is 5.91 Å². The highest BCUT2D eigenvalue weighted by Crippen LogP contribution is 2.23. The minimum atomic E-state index is -0.166. The van der Waals surface area contributed by atoms with Crippen LogP contribution in [-0.2, 0) is 11.3 Å². The lowest BCUT2D eigenvalue weighted by Crippen LogP contribution is -2.25. The Morgan fingerprint density at radius 1 is 1.03 bits per heavy atom. The highest BCUT2D eigenvalue weighted by Gasteiger charge is 2.14. The van der Waals surface area contributed by atoms with E-state index >= 15 is 0 Å². The second kappa shape index (κ2) is 9.49. The second-order valence-corrected chi connectivity index (χ2v) is 8.90. The standard InChI is InChI=1S/C24H20BrN3O2S/c1-16-10-12-17(13-11-16)14-28-23(30)18-6-2-4-8-20(18)27-24(28)31-15-22(29)26-21-9-5-3-7-19(21)25/h2-13H,14-15H2,1H3,(H,26,29). The molecule has 0 saturated heterocycles. The van der Waals surface area contributed by atoms with Crippen molar-refractivity contribution in [3.05, 3.63) is 98.7 Å². The van der Waals surface area contributed by atoms with Crippen LogP contribution in [0.3, 0.4) is 0 Å². The van der Waals surface area contributed by atoms with Crippen LogP contribution < -0.4 is 10.9 Å². The van der Waals surface area contributed by atoms with Crippen molar-refractivity contribution >= 4 is 50.2 Å². The van der Waals surface area contributed by atoms with E-state index in [1.807, 2.05) is 73.7 Å². The molecule has 5 nitrogen and oxygen atoms in total. The first-order valence-electron chi connectivity index (χ1n) is 9.73. The molecule has 0 fully saturated rings. The third-order valence-electron chi connectivity index (χ3n) is 4.77. The predicted octanol–water partition coefficient (Wildman–Crippen LogP) is 5.25. The van der Waals surface area contributed by atoms with Gasteiger partial charge in [-0.1, -0.05) is 65.9 Å². The van der Waals surface area contributed by atoms with Gasteiger partial charge in [0, 0.05) is 4.47 Å². The molecule has 0 aliphatic rings. The average molecular weight is 494 g/mol. The number of fused-ring (bicyclic) bond motifs is 1. The van der Waals surface area contributed by atoms with E-state index in [1.54, 1.807) is 10.6 Å². The van der Waals surface area contributed by atoms with Crippen LogP contribution in [0.4, 0.5) is 5.69 Å². The number of halogens is 1. The van der Waals surface area contributed by atoms with Gasteiger partial charge in [-0.05, 0) is 52.7 Å². The maximum atomic E-state index is 13.2. The number of carbonyl (C=O) groups excluding carboxylic acids is 1. The van der Waals surface area contributed by atoms with Crippen molar-refractivity contribution in [1.29, 1.82) is 0 Å². The zero-order valence-electron chi connectivity index (χ0n) is 16.8. The summed E-state index contributed by atoms with van der Waals surface area (Å²) in [5.74, 6) is -0.0267. The minimum Gasteiger partial charge on any atom is -0.324 e. The summed E-state index contributed by atoms with van der Waals surface area (Å²) in [6.45, 7) is 2.42. The lowest BCUT2D eigenvalue weighted by Gasteiger charge is -2.14.